The third kappa shape index (κ3) is 2.70. The van der Waals surface area contributed by atoms with Crippen molar-refractivity contribution in [1.82, 2.24) is 15.2 Å². The minimum absolute atomic E-state index is 0.241. The van der Waals surface area contributed by atoms with Gasteiger partial charge in [-0.3, -0.25) is 9.78 Å². The molecule has 1 aromatic heterocycles. The molecule has 0 unspecified atom stereocenters. The molecule has 0 atom stereocenters. The molecule has 0 aliphatic rings. The monoisotopic (exact) mass is 251 g/mol. The average molecular weight is 251 g/mol. The molecule has 88 valence electrons. The molecule has 0 aliphatic heterocycles. The second kappa shape index (κ2) is 4.79. The van der Waals surface area contributed by atoms with E-state index in [1.54, 1.807) is 0 Å². The first-order valence-electron chi connectivity index (χ1n) is 4.81. The molecule has 0 bridgehead atoms. The Morgan fingerprint density at radius 1 is 1.18 bits per heavy atom. The van der Waals surface area contributed by atoms with E-state index >= 15 is 0 Å². The molecule has 17 heavy (non-hydrogen) atoms. The van der Waals surface area contributed by atoms with Crippen LogP contribution in [0.15, 0.2) is 35.1 Å². The lowest BCUT2D eigenvalue weighted by molar-refractivity contribution is 0.622. The van der Waals surface area contributed by atoms with Crippen molar-refractivity contribution < 1.29 is 8.42 Å². The maximum absolute atomic E-state index is 11.5. The number of nitrogens with one attached hydrogen (secondary N) is 2. The van der Waals surface area contributed by atoms with E-state index in [1.165, 1.54) is 0 Å². The zero-order valence-corrected chi connectivity index (χ0v) is 9.49. The number of rotatable bonds is 2. The quantitative estimate of drug-likeness (QED) is 0.740. The van der Waals surface area contributed by atoms with Crippen LogP contribution in [0.4, 0.5) is 0 Å². The maximum atomic E-state index is 11.5. The molecule has 0 radical (unpaired) electrons. The Hall–Kier alpha value is -2.15. The van der Waals surface area contributed by atoms with E-state index < -0.39 is 15.9 Å². The van der Waals surface area contributed by atoms with Crippen LogP contribution in [-0.2, 0) is 16.7 Å². The second-order valence-electron chi connectivity index (χ2n) is 3.35. The lowest BCUT2D eigenvalue weighted by Crippen LogP contribution is -2.17. The van der Waals surface area contributed by atoms with E-state index in [0.29, 0.717) is 6.42 Å². The largest absolute Gasteiger partial charge is 0.293 e. The summed E-state index contributed by atoms with van der Waals surface area (Å²) in [5.74, 6) is 0. The predicted molar refractivity (Wildman–Crippen MR) is 60.6 cm³/mol. The van der Waals surface area contributed by atoms with Gasteiger partial charge in [0.2, 0.25) is 0 Å². The Morgan fingerprint density at radius 3 is 2.47 bits per heavy atom. The van der Waals surface area contributed by atoms with Crippen molar-refractivity contribution in [1.29, 1.82) is 0 Å². The van der Waals surface area contributed by atoms with Gasteiger partial charge in [0.05, 0.1) is 0 Å². The SMILES string of the molecule is O=c1[nH]c(=S(=O)=O)[nH]nc1Cc1ccccc1. The zero-order chi connectivity index (χ0) is 12.3. The smallest absolute Gasteiger partial charge is 0.274 e. The number of aromatic amines is 2. The molecule has 0 saturated carbocycles. The van der Waals surface area contributed by atoms with E-state index in [0.717, 1.165) is 5.56 Å². The van der Waals surface area contributed by atoms with Gasteiger partial charge in [-0.05, 0) is 5.56 Å². The van der Waals surface area contributed by atoms with Gasteiger partial charge in [-0.2, -0.15) is 13.5 Å². The summed E-state index contributed by atoms with van der Waals surface area (Å²) in [6, 6.07) is 9.31. The highest BCUT2D eigenvalue weighted by Crippen LogP contribution is 2.02. The average Bonchev–Trinajstić information content (AvgIpc) is 2.33. The van der Waals surface area contributed by atoms with Gasteiger partial charge in [0.25, 0.3) is 20.6 Å². The first-order valence-corrected chi connectivity index (χ1v) is 5.88. The highest BCUT2D eigenvalue weighted by molar-refractivity contribution is 7.63. The topological polar surface area (TPSA) is 95.7 Å². The van der Waals surface area contributed by atoms with Crippen LogP contribution >= 0.6 is 0 Å². The van der Waals surface area contributed by atoms with Crippen molar-refractivity contribution in [2.24, 2.45) is 0 Å². The standard InChI is InChI=1S/C10H9N3O3S/c14-9-8(6-7-4-2-1-3-5-7)12-13-10(11-9)17(15)16/h1-5,13H,6H2,(H,11,14). The third-order valence-electron chi connectivity index (χ3n) is 2.16. The fraction of sp³-hybridized carbons (Fsp3) is 0.100. The lowest BCUT2D eigenvalue weighted by Gasteiger charge is -1.98. The fourth-order valence-electron chi connectivity index (χ4n) is 1.36. The normalized spacial score (nSPS) is 10.1. The van der Waals surface area contributed by atoms with E-state index in [1.807, 2.05) is 30.3 Å². The highest BCUT2D eigenvalue weighted by Gasteiger charge is 2.02. The Kier molecular flexibility index (Phi) is 3.20. The Balaban J connectivity index is 2.43. The number of benzene rings is 1. The number of hydrogen-bond acceptors (Lipinski definition) is 4. The van der Waals surface area contributed by atoms with Gasteiger partial charge >= 0.3 is 0 Å². The van der Waals surface area contributed by atoms with Crippen LogP contribution in [-0.4, -0.2) is 23.6 Å². The molecule has 0 fully saturated rings. The first-order chi connectivity index (χ1) is 8.16. The van der Waals surface area contributed by atoms with Crippen LogP contribution in [0.1, 0.15) is 11.3 Å². The molecule has 7 heteroatoms. The number of H-pyrrole nitrogens is 2. The number of aromatic nitrogens is 3. The Morgan fingerprint density at radius 2 is 1.88 bits per heavy atom. The van der Waals surface area contributed by atoms with E-state index in [4.69, 9.17) is 0 Å². The summed E-state index contributed by atoms with van der Waals surface area (Å²) in [5, 5.41) is 6.01. The van der Waals surface area contributed by atoms with E-state index in [-0.39, 0.29) is 10.5 Å². The Labute approximate surface area is 97.5 Å². The van der Waals surface area contributed by atoms with Gasteiger partial charge in [0.1, 0.15) is 5.69 Å². The van der Waals surface area contributed by atoms with Crippen LogP contribution < -0.4 is 5.56 Å². The number of hydrogen-bond donors (Lipinski definition) is 2. The summed E-state index contributed by atoms with van der Waals surface area (Å²) >= 11 is 0. The van der Waals surface area contributed by atoms with Crippen molar-refractivity contribution >= 4 is 10.3 Å². The molecule has 2 rings (SSSR count). The molecule has 0 amide bonds. The van der Waals surface area contributed by atoms with Crippen molar-refractivity contribution in [2.45, 2.75) is 6.42 Å². The molecule has 1 aromatic carbocycles. The van der Waals surface area contributed by atoms with Crippen LogP contribution in [0, 0.1) is 4.77 Å². The summed E-state index contributed by atoms with van der Waals surface area (Å²) in [7, 11) is -2.52. The summed E-state index contributed by atoms with van der Waals surface area (Å²) in [5.41, 5.74) is 0.659. The molecule has 0 saturated heterocycles. The molecular weight excluding hydrogens is 242 g/mol. The van der Waals surface area contributed by atoms with E-state index in [9.17, 15) is 13.2 Å². The van der Waals surface area contributed by atoms with Gasteiger partial charge in [0, 0.05) is 6.42 Å². The summed E-state index contributed by atoms with van der Waals surface area (Å²) in [4.78, 5) is 13.7. The molecule has 1 heterocycles. The van der Waals surface area contributed by atoms with Crippen LogP contribution in [0.25, 0.3) is 0 Å². The zero-order valence-electron chi connectivity index (χ0n) is 8.67. The van der Waals surface area contributed by atoms with Crippen LogP contribution in [0.2, 0.25) is 0 Å². The van der Waals surface area contributed by atoms with E-state index in [2.05, 4.69) is 15.2 Å². The molecule has 2 aromatic rings. The van der Waals surface area contributed by atoms with Gasteiger partial charge in [0.15, 0.2) is 0 Å². The lowest BCUT2D eigenvalue weighted by atomic mass is 10.1. The Bertz CT molecular complexity index is 736. The minimum atomic E-state index is -2.52. The van der Waals surface area contributed by atoms with Gasteiger partial charge in [-0.15, -0.1) is 0 Å². The summed E-state index contributed by atoms with van der Waals surface area (Å²) in [6.45, 7) is 0. The number of nitrogens with zero attached hydrogens (tertiary/aromatic N) is 1. The van der Waals surface area contributed by atoms with Gasteiger partial charge in [-0.25, -0.2) is 5.10 Å². The van der Waals surface area contributed by atoms with Crippen molar-refractivity contribution in [2.75, 3.05) is 0 Å². The van der Waals surface area contributed by atoms with Crippen molar-refractivity contribution in [3.63, 3.8) is 0 Å². The first kappa shape index (κ1) is 11.3. The summed E-state index contributed by atoms with van der Waals surface area (Å²) < 4.78 is 20.8. The van der Waals surface area contributed by atoms with Crippen LogP contribution in [0.5, 0.6) is 0 Å². The minimum Gasteiger partial charge on any atom is -0.293 e. The van der Waals surface area contributed by atoms with Crippen molar-refractivity contribution in [3.05, 3.63) is 56.7 Å². The maximum Gasteiger partial charge on any atom is 0.274 e. The third-order valence-corrected chi connectivity index (χ3v) is 2.69. The van der Waals surface area contributed by atoms with Gasteiger partial charge < -0.3 is 0 Å². The molecule has 6 nitrogen and oxygen atoms in total. The molecule has 2 N–H and O–H groups in total. The second-order valence-corrected chi connectivity index (χ2v) is 4.23. The highest BCUT2D eigenvalue weighted by atomic mass is 32.2. The van der Waals surface area contributed by atoms with Crippen LogP contribution in [0.3, 0.4) is 0 Å². The predicted octanol–water partition coefficient (Wildman–Crippen LogP) is 0.0999. The summed E-state index contributed by atoms with van der Waals surface area (Å²) in [6.07, 6.45) is 0.346. The fourth-order valence-corrected chi connectivity index (χ4v) is 1.66. The van der Waals surface area contributed by atoms with Gasteiger partial charge in [-0.1, -0.05) is 30.3 Å². The molecule has 0 aliphatic carbocycles. The van der Waals surface area contributed by atoms with Crippen molar-refractivity contribution in [3.8, 4) is 0 Å². The molecule has 0 spiro atoms. The molecular formula is C10H9N3O3S.